The van der Waals surface area contributed by atoms with E-state index in [1.165, 1.54) is 39.3 Å². The van der Waals surface area contributed by atoms with E-state index >= 15 is 0 Å². The third kappa shape index (κ3) is 5.11. The van der Waals surface area contributed by atoms with Crippen molar-refractivity contribution in [2.24, 2.45) is 0 Å². The monoisotopic (exact) mass is 420 g/mol. The minimum absolute atomic E-state index is 0.0316. The largest absolute Gasteiger partial charge is 0.493 e. The highest BCUT2D eigenvalue weighted by molar-refractivity contribution is 7.96. The number of carbonyl (C=O) groups excluding carboxylic acids is 1. The van der Waals surface area contributed by atoms with Crippen LogP contribution in [0.15, 0.2) is 23.1 Å². The highest BCUT2D eigenvalue weighted by atomic mass is 32.2. The Kier molecular flexibility index (Phi) is 6.71. The molecule has 2 atom stereocenters. The van der Waals surface area contributed by atoms with Gasteiger partial charge in [-0.2, -0.15) is 0 Å². The first-order valence-electron chi connectivity index (χ1n) is 8.25. The van der Waals surface area contributed by atoms with Gasteiger partial charge in [-0.3, -0.25) is 4.79 Å². The van der Waals surface area contributed by atoms with Gasteiger partial charge in [0.1, 0.15) is 0 Å². The lowest BCUT2D eigenvalue weighted by Crippen LogP contribution is -2.45. The fraction of sp³-hybridized carbons (Fsp3) is 0.562. The number of benzene rings is 1. The normalized spacial score (nSPS) is 21.6. The molecule has 0 saturated carbocycles. The predicted octanol–water partition coefficient (Wildman–Crippen LogP) is -0.631. The molecule has 0 radical (unpaired) electrons. The fourth-order valence-electron chi connectivity index (χ4n) is 2.98. The molecule has 0 unspecified atom stereocenters. The van der Waals surface area contributed by atoms with Gasteiger partial charge in [-0.25, -0.2) is 16.8 Å². The Morgan fingerprint density at radius 3 is 2.41 bits per heavy atom. The molecule has 1 fully saturated rings. The molecular formula is C16H24N2O7S2. The second-order valence-corrected chi connectivity index (χ2v) is 10.5. The smallest absolute Gasteiger partial charge is 0.216 e. The third-order valence-electron chi connectivity index (χ3n) is 4.29. The molecule has 2 rings (SSSR count). The first-order valence-corrected chi connectivity index (χ1v) is 11.6. The van der Waals surface area contributed by atoms with E-state index < -0.39 is 36.7 Å². The molecule has 1 aliphatic rings. The third-order valence-corrected chi connectivity index (χ3v) is 8.44. The van der Waals surface area contributed by atoms with Crippen LogP contribution in [0, 0.1) is 0 Å². The molecule has 1 aromatic carbocycles. The van der Waals surface area contributed by atoms with Gasteiger partial charge in [0.05, 0.1) is 35.9 Å². The predicted molar refractivity (Wildman–Crippen MR) is 99.6 cm³/mol. The molecule has 0 aromatic heterocycles. The topological polar surface area (TPSA) is 128 Å². The summed E-state index contributed by atoms with van der Waals surface area (Å²) in [5.41, 5.74) is 0. The van der Waals surface area contributed by atoms with Gasteiger partial charge in [-0.1, -0.05) is 0 Å². The van der Waals surface area contributed by atoms with E-state index in [-0.39, 0.29) is 35.4 Å². The zero-order valence-electron chi connectivity index (χ0n) is 15.4. The van der Waals surface area contributed by atoms with Crippen LogP contribution in [-0.2, 0) is 24.5 Å². The molecule has 0 spiro atoms. The van der Waals surface area contributed by atoms with Crippen molar-refractivity contribution >= 4 is 25.6 Å². The second kappa shape index (κ2) is 8.44. The van der Waals surface area contributed by atoms with E-state index in [4.69, 9.17) is 9.47 Å². The van der Waals surface area contributed by atoms with Crippen molar-refractivity contribution in [3.63, 3.8) is 0 Å². The molecule has 1 amide bonds. The number of ether oxygens (including phenoxy) is 2. The molecule has 9 nitrogen and oxygen atoms in total. The van der Waals surface area contributed by atoms with Crippen molar-refractivity contribution < 1.29 is 31.1 Å². The lowest BCUT2D eigenvalue weighted by molar-refractivity contribution is -0.118. The van der Waals surface area contributed by atoms with Gasteiger partial charge in [0.25, 0.3) is 0 Å². The van der Waals surface area contributed by atoms with Gasteiger partial charge < -0.3 is 20.1 Å². The van der Waals surface area contributed by atoms with E-state index in [1.54, 1.807) is 0 Å². The summed E-state index contributed by atoms with van der Waals surface area (Å²) < 4.78 is 60.5. The zero-order chi connectivity index (χ0) is 20.2. The number of rotatable bonds is 8. The number of sulfone groups is 2. The van der Waals surface area contributed by atoms with Crippen LogP contribution >= 0.6 is 0 Å². The fourth-order valence-corrected chi connectivity index (χ4v) is 7.71. The summed E-state index contributed by atoms with van der Waals surface area (Å²) in [5, 5.41) is 4.39. The molecule has 0 bridgehead atoms. The number of carbonyl (C=O) groups is 1. The quantitative estimate of drug-likeness (QED) is 0.532. The van der Waals surface area contributed by atoms with E-state index in [0.29, 0.717) is 5.75 Å². The summed E-state index contributed by atoms with van der Waals surface area (Å²) in [6, 6.07) is 3.40. The highest BCUT2D eigenvalue weighted by Crippen LogP contribution is 2.33. The molecule has 152 valence electrons. The maximum atomic E-state index is 13.1. The van der Waals surface area contributed by atoms with Crippen LogP contribution in [0.4, 0.5) is 0 Å². The van der Waals surface area contributed by atoms with Crippen LogP contribution in [0.2, 0.25) is 0 Å². The number of hydrogen-bond acceptors (Lipinski definition) is 8. The molecule has 1 aliphatic heterocycles. The van der Waals surface area contributed by atoms with Gasteiger partial charge >= 0.3 is 0 Å². The van der Waals surface area contributed by atoms with Crippen molar-refractivity contribution in [2.75, 3.05) is 38.8 Å². The van der Waals surface area contributed by atoms with Crippen molar-refractivity contribution in [1.29, 1.82) is 0 Å². The number of hydrogen-bond donors (Lipinski definition) is 2. The second-order valence-electron chi connectivity index (χ2n) is 6.22. The van der Waals surface area contributed by atoms with Crippen molar-refractivity contribution in [3.05, 3.63) is 18.2 Å². The number of nitrogens with one attached hydrogen (secondary N) is 2. The minimum Gasteiger partial charge on any atom is -0.493 e. The first kappa shape index (κ1) is 21.5. The molecule has 2 N–H and O–H groups in total. The maximum absolute atomic E-state index is 13.1. The number of amides is 1. The van der Waals surface area contributed by atoms with Crippen molar-refractivity contribution in [3.8, 4) is 11.5 Å². The van der Waals surface area contributed by atoms with Gasteiger partial charge in [0.2, 0.25) is 5.91 Å². The van der Waals surface area contributed by atoms with E-state index in [9.17, 15) is 21.6 Å². The van der Waals surface area contributed by atoms with Crippen LogP contribution in [0.25, 0.3) is 0 Å². The maximum Gasteiger partial charge on any atom is 0.216 e. The number of methoxy groups -OCH3 is 2. The first-order chi connectivity index (χ1) is 12.6. The average molecular weight is 421 g/mol. The van der Waals surface area contributed by atoms with E-state index in [2.05, 4.69) is 10.6 Å². The van der Waals surface area contributed by atoms with E-state index in [1.807, 2.05) is 0 Å². The Morgan fingerprint density at radius 2 is 1.81 bits per heavy atom. The van der Waals surface area contributed by atoms with Crippen molar-refractivity contribution in [2.45, 2.75) is 23.1 Å². The lowest BCUT2D eigenvalue weighted by atomic mass is 10.2. The Morgan fingerprint density at radius 1 is 1.15 bits per heavy atom. The summed E-state index contributed by atoms with van der Waals surface area (Å²) in [4.78, 5) is 10.9. The molecule has 11 heteroatoms. The summed E-state index contributed by atoms with van der Waals surface area (Å²) >= 11 is 0. The minimum atomic E-state index is -3.93. The SMILES string of the molecule is COc1ccc(S(=O)(=O)[C@H]2CS(=O)(=O)C[C@@H]2NCCNC(C)=O)cc1OC. The van der Waals surface area contributed by atoms with Gasteiger partial charge in [-0.15, -0.1) is 0 Å². The Bertz CT molecular complexity index is 897. The van der Waals surface area contributed by atoms with Crippen LogP contribution in [0.1, 0.15) is 6.92 Å². The Labute approximate surface area is 159 Å². The summed E-state index contributed by atoms with van der Waals surface area (Å²) in [5.74, 6) is -0.327. The molecule has 1 saturated heterocycles. The van der Waals surface area contributed by atoms with Gasteiger partial charge in [-0.05, 0) is 12.1 Å². The summed E-state index contributed by atoms with van der Waals surface area (Å²) in [6.45, 7) is 1.90. The van der Waals surface area contributed by atoms with E-state index in [0.717, 1.165) is 0 Å². The summed E-state index contributed by atoms with van der Waals surface area (Å²) in [6.07, 6.45) is 0. The van der Waals surface area contributed by atoms with Gasteiger partial charge in [0.15, 0.2) is 31.2 Å². The summed E-state index contributed by atoms with van der Waals surface area (Å²) in [7, 11) is -4.61. The standard InChI is InChI=1S/C16H24N2O7S2/c1-11(19)17-6-7-18-13-9-26(20,21)10-16(13)27(22,23)12-4-5-14(24-2)15(8-12)25-3/h4-5,8,13,16,18H,6-7,9-10H2,1-3H3,(H,17,19)/t13-,16-/m0/s1. The molecule has 1 heterocycles. The van der Waals surface area contributed by atoms with Crippen LogP contribution in [0.5, 0.6) is 11.5 Å². The molecule has 27 heavy (non-hydrogen) atoms. The van der Waals surface area contributed by atoms with Crippen LogP contribution < -0.4 is 20.1 Å². The van der Waals surface area contributed by atoms with Gasteiger partial charge in [0, 0.05) is 32.1 Å². The molecule has 1 aromatic rings. The lowest BCUT2D eigenvalue weighted by Gasteiger charge is -2.20. The van der Waals surface area contributed by atoms with Crippen molar-refractivity contribution in [1.82, 2.24) is 10.6 Å². The van der Waals surface area contributed by atoms with Crippen LogP contribution in [-0.4, -0.2) is 72.8 Å². The zero-order valence-corrected chi connectivity index (χ0v) is 17.0. The Balaban J connectivity index is 2.27. The molecule has 0 aliphatic carbocycles. The van der Waals surface area contributed by atoms with Crippen LogP contribution in [0.3, 0.4) is 0 Å². The average Bonchev–Trinajstić information content (AvgIpc) is 2.93. The highest BCUT2D eigenvalue weighted by Gasteiger charge is 2.45. The Hall–Kier alpha value is -1.85. The molecular weight excluding hydrogens is 396 g/mol.